The van der Waals surface area contributed by atoms with Crippen molar-refractivity contribution in [3.8, 4) is 11.5 Å². The van der Waals surface area contributed by atoms with Gasteiger partial charge in [0.25, 0.3) is 5.69 Å². The van der Waals surface area contributed by atoms with E-state index in [0.29, 0.717) is 48.6 Å². The van der Waals surface area contributed by atoms with Gasteiger partial charge in [-0.05, 0) is 109 Å². The second-order valence-corrected chi connectivity index (χ2v) is 20.4. The lowest BCUT2D eigenvalue weighted by atomic mass is 9.55. The highest BCUT2D eigenvalue weighted by Gasteiger charge is 2.66. The number of allylic oxidation sites excluding steroid dienone is 1. The number of fused-ring (bicyclic) bond motifs is 3. The Morgan fingerprint density at radius 1 is 0.882 bits per heavy atom. The zero-order valence-electron chi connectivity index (χ0n) is 44.7. The molecule has 76 heavy (non-hydrogen) atoms. The van der Waals surface area contributed by atoms with Crippen molar-refractivity contribution < 1.29 is 48.5 Å². The minimum Gasteiger partial charge on any atom is -0.459 e. The van der Waals surface area contributed by atoms with E-state index in [1.54, 1.807) is 36.1 Å². The Labute approximate surface area is 448 Å². The van der Waals surface area contributed by atoms with Gasteiger partial charge in [0.15, 0.2) is 0 Å². The molecule has 4 aromatic carbocycles. The number of nitro groups is 1. The largest absolute Gasteiger partial charge is 0.459 e. The number of benzene rings is 4. The van der Waals surface area contributed by atoms with Crippen LogP contribution in [-0.2, 0) is 27.5 Å². The lowest BCUT2D eigenvalue weighted by Gasteiger charge is -2.59. The number of nitrogens with zero attached hydrogens (tertiary/aromatic N) is 3. The number of nitro benzene ring substituents is 1. The number of carbonyl (C=O) groups excluding carboxylic acids is 2. The molecule has 0 radical (unpaired) electrons. The van der Waals surface area contributed by atoms with E-state index in [9.17, 15) is 29.9 Å². The molecule has 6 atom stereocenters. The molecule has 2 amide bonds. The summed E-state index contributed by atoms with van der Waals surface area (Å²) < 4.78 is 26.6. The number of amides is 2. The minimum atomic E-state index is -1.58. The van der Waals surface area contributed by atoms with Crippen LogP contribution in [0.1, 0.15) is 146 Å². The van der Waals surface area contributed by atoms with Crippen LogP contribution in [0.2, 0.25) is 0 Å². The average Bonchev–Trinajstić information content (AvgIpc) is 3.48. The highest BCUT2D eigenvalue weighted by atomic mass is 16.7. The minimum absolute atomic E-state index is 0.00818. The van der Waals surface area contributed by atoms with Crippen molar-refractivity contribution in [2.75, 3.05) is 33.0 Å². The summed E-state index contributed by atoms with van der Waals surface area (Å²) in [6.45, 7) is 8.95. The van der Waals surface area contributed by atoms with Crippen LogP contribution in [0.5, 0.6) is 11.5 Å². The van der Waals surface area contributed by atoms with Crippen LogP contribution in [-0.4, -0.2) is 82.7 Å². The Bertz CT molecular complexity index is 2580. The number of oxime groups is 1. The quantitative estimate of drug-likeness (QED) is 0.0188. The van der Waals surface area contributed by atoms with E-state index in [1.807, 2.05) is 54.6 Å². The second kappa shape index (κ2) is 29.3. The summed E-state index contributed by atoms with van der Waals surface area (Å²) in [5, 5.41) is 41.5. The SMILES string of the molecule is C=CCO[C@@]12Oc3ccc(OC(=O)NCCCCCCCCCCCC)cc3[C@H]3[C@H](CCCCO)[C@@H](CCCCO)C=C(C(=NOCc4ccc([N+](=O)[O-])cc4)C[C@@H]1N(Cc1cccc4ccccc14)C(=O)OCC)[C@H]32. The van der Waals surface area contributed by atoms with Gasteiger partial charge >= 0.3 is 12.2 Å². The van der Waals surface area contributed by atoms with E-state index in [2.05, 4.69) is 24.9 Å². The van der Waals surface area contributed by atoms with Gasteiger partial charge in [0.1, 0.15) is 24.1 Å². The standard InChI is InChI=1S/C61H80N4O11/c1-4-7-8-9-10-11-12-13-14-19-35-62-59(68)75-49-33-34-55-53(40-49)57-51(28-18-21-37-67)46(24-17-20-36-66)39-52-54(63-74-43-44-29-31-48(32-30-44)65(70)71)41-56(61(76-55,58(52)57)73-38-5-2)64(60(69)72-6-3)42-47-26-22-25-45-23-15-16-27-50(45)47/h5,15-16,22-23,25-27,29-34,39-40,46,51,56-58,66-67H,2,4,6-14,17-21,24,28,35-38,41-43H2,1,3H3,(H,62,68)/t46-,51+,56-,57+,58+,61+/m0/s1. The van der Waals surface area contributed by atoms with Gasteiger partial charge in [-0.25, -0.2) is 9.59 Å². The summed E-state index contributed by atoms with van der Waals surface area (Å²) >= 11 is 0. The van der Waals surface area contributed by atoms with Crippen molar-refractivity contribution in [3.63, 3.8) is 0 Å². The maximum absolute atomic E-state index is 14.9. The smallest absolute Gasteiger partial charge is 0.412 e. The first-order chi connectivity index (χ1) is 37.2. The highest BCUT2D eigenvalue weighted by molar-refractivity contribution is 6.03. The van der Waals surface area contributed by atoms with Gasteiger partial charge in [-0.3, -0.25) is 15.0 Å². The molecule has 2 aliphatic carbocycles. The Morgan fingerprint density at radius 3 is 2.30 bits per heavy atom. The molecule has 1 fully saturated rings. The molecular weight excluding hydrogens is 965 g/mol. The third-order valence-electron chi connectivity index (χ3n) is 15.3. The molecular formula is C61H80N4O11. The molecule has 3 aliphatic rings. The van der Waals surface area contributed by atoms with E-state index in [-0.39, 0.29) is 69.4 Å². The van der Waals surface area contributed by atoms with Crippen molar-refractivity contribution in [2.24, 2.45) is 22.9 Å². The van der Waals surface area contributed by atoms with Gasteiger partial charge in [0.05, 0.1) is 36.3 Å². The van der Waals surface area contributed by atoms with E-state index in [0.717, 1.165) is 66.0 Å². The molecule has 1 heterocycles. The summed E-state index contributed by atoms with van der Waals surface area (Å²) in [6, 6.07) is 24.7. The summed E-state index contributed by atoms with van der Waals surface area (Å²) in [7, 11) is 0. The topological polar surface area (TPSA) is 192 Å². The third kappa shape index (κ3) is 14.6. The summed E-state index contributed by atoms with van der Waals surface area (Å²) in [4.78, 5) is 47.3. The fourth-order valence-electron chi connectivity index (χ4n) is 11.7. The summed E-state index contributed by atoms with van der Waals surface area (Å²) in [5.41, 5.74) is 3.71. The van der Waals surface area contributed by atoms with Gasteiger partial charge in [-0.1, -0.05) is 137 Å². The maximum Gasteiger partial charge on any atom is 0.412 e. The number of hydrogen-bond donors (Lipinski definition) is 3. The number of carbonyl (C=O) groups is 2. The molecule has 0 spiro atoms. The molecule has 4 aromatic rings. The molecule has 15 nitrogen and oxygen atoms in total. The van der Waals surface area contributed by atoms with Crippen LogP contribution in [0.4, 0.5) is 15.3 Å². The Morgan fingerprint density at radius 2 is 1.59 bits per heavy atom. The zero-order chi connectivity index (χ0) is 53.7. The van der Waals surface area contributed by atoms with E-state index < -0.39 is 34.9 Å². The monoisotopic (exact) mass is 1040 g/mol. The fourth-order valence-corrected chi connectivity index (χ4v) is 11.7. The molecule has 0 bridgehead atoms. The Balaban J connectivity index is 1.31. The number of unbranched alkanes of at least 4 members (excludes halogenated alkanes) is 11. The van der Waals surface area contributed by atoms with Crippen molar-refractivity contribution in [2.45, 2.75) is 154 Å². The van der Waals surface area contributed by atoms with Gasteiger partial charge in [0, 0.05) is 49.8 Å². The molecule has 15 heteroatoms. The van der Waals surface area contributed by atoms with E-state index >= 15 is 0 Å². The van der Waals surface area contributed by atoms with Crippen molar-refractivity contribution in [1.82, 2.24) is 10.2 Å². The molecule has 0 unspecified atom stereocenters. The van der Waals surface area contributed by atoms with Crippen LogP contribution < -0.4 is 14.8 Å². The lowest BCUT2D eigenvalue weighted by Crippen LogP contribution is -2.70. The number of hydrogen-bond acceptors (Lipinski definition) is 12. The van der Waals surface area contributed by atoms with Crippen LogP contribution in [0, 0.1) is 27.9 Å². The number of nitrogens with one attached hydrogen (secondary N) is 1. The van der Waals surface area contributed by atoms with Crippen LogP contribution in [0.15, 0.2) is 114 Å². The number of ether oxygens (including phenoxy) is 4. The van der Waals surface area contributed by atoms with Crippen LogP contribution in [0.3, 0.4) is 0 Å². The second-order valence-electron chi connectivity index (χ2n) is 20.4. The number of non-ortho nitro benzene ring substituents is 1. The Kier molecular flexibility index (Phi) is 22.1. The van der Waals surface area contributed by atoms with Crippen LogP contribution in [0.25, 0.3) is 10.8 Å². The zero-order valence-corrected chi connectivity index (χ0v) is 44.7. The lowest BCUT2D eigenvalue weighted by molar-refractivity contribution is -0.384. The summed E-state index contributed by atoms with van der Waals surface area (Å²) in [6.07, 6.45) is 18.9. The van der Waals surface area contributed by atoms with Crippen LogP contribution >= 0.6 is 0 Å². The normalized spacial score (nSPS) is 20.9. The highest BCUT2D eigenvalue weighted by Crippen LogP contribution is 2.62. The van der Waals surface area contributed by atoms with Gasteiger partial charge in [-0.15, -0.1) is 6.58 Å². The first-order valence-corrected chi connectivity index (χ1v) is 28.0. The first-order valence-electron chi connectivity index (χ1n) is 28.0. The summed E-state index contributed by atoms with van der Waals surface area (Å²) in [5.74, 6) is -1.86. The molecule has 1 aliphatic heterocycles. The number of aliphatic hydroxyl groups excluding tert-OH is 2. The number of rotatable bonds is 31. The van der Waals surface area contributed by atoms with E-state index in [1.165, 1.54) is 57.1 Å². The Hall–Kier alpha value is -6.29. The predicted molar refractivity (Wildman–Crippen MR) is 295 cm³/mol. The predicted octanol–water partition coefficient (Wildman–Crippen LogP) is 13.2. The third-order valence-corrected chi connectivity index (χ3v) is 15.3. The maximum atomic E-state index is 14.9. The molecule has 0 aromatic heterocycles. The van der Waals surface area contributed by atoms with E-state index in [4.69, 9.17) is 28.9 Å². The average molecular weight is 1050 g/mol. The van der Waals surface area contributed by atoms with Crippen molar-refractivity contribution in [3.05, 3.63) is 136 Å². The van der Waals surface area contributed by atoms with Gasteiger partial charge < -0.3 is 39.3 Å². The first kappa shape index (κ1) is 57.4. The molecule has 0 saturated heterocycles. The molecule has 7 rings (SSSR count). The fraction of sp³-hybridized carbons (Fsp3) is 0.525. The van der Waals surface area contributed by atoms with Gasteiger partial charge in [0.2, 0.25) is 5.79 Å². The van der Waals surface area contributed by atoms with Crippen molar-refractivity contribution in [1.29, 1.82) is 0 Å². The molecule has 410 valence electrons. The number of aliphatic hydroxyl groups is 2. The van der Waals surface area contributed by atoms with Crippen molar-refractivity contribution >= 4 is 34.4 Å². The molecule has 1 saturated carbocycles. The van der Waals surface area contributed by atoms with Gasteiger partial charge in [-0.2, -0.15) is 0 Å². The molecule has 3 N–H and O–H groups in total.